The topological polar surface area (TPSA) is 32.3 Å². The maximum Gasteiger partial charge on any atom is 0.238 e. The molecule has 116 valence electrons. The molecule has 1 saturated heterocycles. The van der Waals surface area contributed by atoms with E-state index in [0.29, 0.717) is 0 Å². The molecule has 2 heterocycles. The van der Waals surface area contributed by atoms with E-state index in [0.717, 1.165) is 31.5 Å². The molecule has 1 unspecified atom stereocenters. The number of likely N-dealkylation sites (tertiary alicyclic amines) is 1. The Hall–Kier alpha value is -1.79. The van der Waals surface area contributed by atoms with Crippen LogP contribution in [0.15, 0.2) is 35.7 Å². The lowest BCUT2D eigenvalue weighted by Crippen LogP contribution is -2.32. The summed E-state index contributed by atoms with van der Waals surface area (Å²) in [6.07, 6.45) is 2.10. The molecular formula is C16H16F2N2OS. The van der Waals surface area contributed by atoms with Crippen LogP contribution in [0.25, 0.3) is 0 Å². The Morgan fingerprint density at radius 2 is 2.18 bits per heavy atom. The molecule has 1 aromatic heterocycles. The van der Waals surface area contributed by atoms with Gasteiger partial charge in [0.1, 0.15) is 0 Å². The third-order valence-corrected chi connectivity index (χ3v) is 4.76. The van der Waals surface area contributed by atoms with E-state index in [9.17, 15) is 13.6 Å². The van der Waals surface area contributed by atoms with Gasteiger partial charge in [0.25, 0.3) is 0 Å². The number of nitrogens with zero attached hydrogens (tertiary/aromatic N) is 1. The van der Waals surface area contributed by atoms with Crippen molar-refractivity contribution in [2.75, 3.05) is 18.4 Å². The number of hydrogen-bond acceptors (Lipinski definition) is 3. The minimum Gasteiger partial charge on any atom is -0.325 e. The van der Waals surface area contributed by atoms with Gasteiger partial charge in [-0.2, -0.15) is 0 Å². The number of halogens is 2. The second-order valence-electron chi connectivity index (χ2n) is 5.32. The van der Waals surface area contributed by atoms with E-state index < -0.39 is 11.6 Å². The van der Waals surface area contributed by atoms with Gasteiger partial charge < -0.3 is 5.32 Å². The monoisotopic (exact) mass is 322 g/mol. The molecule has 0 radical (unpaired) electrons. The fourth-order valence-corrected chi connectivity index (χ4v) is 3.67. The standard InChI is InChI=1S/C16H16F2N2OS/c17-12-6-5-11(9-13(12)18)19-16(21)10-20-7-1-3-14(20)15-4-2-8-22-15/h2,4-6,8-9,14H,1,3,7,10H2,(H,19,21). The van der Waals surface area contributed by atoms with Crippen molar-refractivity contribution < 1.29 is 13.6 Å². The molecule has 0 spiro atoms. The van der Waals surface area contributed by atoms with Gasteiger partial charge in [0.2, 0.25) is 5.91 Å². The number of anilines is 1. The zero-order valence-electron chi connectivity index (χ0n) is 11.9. The molecule has 1 amide bonds. The molecule has 1 aliphatic rings. The molecule has 1 N–H and O–H groups in total. The van der Waals surface area contributed by atoms with E-state index in [2.05, 4.69) is 16.3 Å². The van der Waals surface area contributed by atoms with Gasteiger partial charge in [0, 0.05) is 22.7 Å². The summed E-state index contributed by atoms with van der Waals surface area (Å²) in [5.74, 6) is -2.10. The molecular weight excluding hydrogens is 306 g/mol. The van der Waals surface area contributed by atoms with Crippen LogP contribution in [0.4, 0.5) is 14.5 Å². The van der Waals surface area contributed by atoms with Gasteiger partial charge in [-0.15, -0.1) is 11.3 Å². The quantitative estimate of drug-likeness (QED) is 0.928. The first-order valence-corrected chi connectivity index (χ1v) is 8.04. The van der Waals surface area contributed by atoms with Gasteiger partial charge in [-0.1, -0.05) is 6.07 Å². The highest BCUT2D eigenvalue weighted by molar-refractivity contribution is 7.10. The van der Waals surface area contributed by atoms with Crippen LogP contribution >= 0.6 is 11.3 Å². The first-order chi connectivity index (χ1) is 10.6. The van der Waals surface area contributed by atoms with Gasteiger partial charge in [0.15, 0.2) is 11.6 Å². The maximum absolute atomic E-state index is 13.1. The fourth-order valence-electron chi connectivity index (χ4n) is 2.78. The summed E-state index contributed by atoms with van der Waals surface area (Å²) in [6.45, 7) is 1.12. The molecule has 22 heavy (non-hydrogen) atoms. The lowest BCUT2D eigenvalue weighted by Gasteiger charge is -2.22. The van der Waals surface area contributed by atoms with Crippen molar-refractivity contribution in [1.82, 2.24) is 4.90 Å². The molecule has 1 aliphatic heterocycles. The number of carbonyl (C=O) groups excluding carboxylic acids is 1. The Bertz CT molecular complexity index is 660. The van der Waals surface area contributed by atoms with Crippen molar-refractivity contribution in [3.8, 4) is 0 Å². The molecule has 0 saturated carbocycles. The van der Waals surface area contributed by atoms with Crippen molar-refractivity contribution in [2.24, 2.45) is 0 Å². The number of carbonyl (C=O) groups is 1. The third-order valence-electron chi connectivity index (χ3n) is 3.79. The number of benzene rings is 1. The summed E-state index contributed by atoms with van der Waals surface area (Å²) in [6, 6.07) is 7.73. The average molecular weight is 322 g/mol. The van der Waals surface area contributed by atoms with Crippen LogP contribution in [-0.2, 0) is 4.79 Å². The molecule has 6 heteroatoms. The van der Waals surface area contributed by atoms with Gasteiger partial charge in [-0.3, -0.25) is 9.69 Å². The Morgan fingerprint density at radius 1 is 1.32 bits per heavy atom. The lowest BCUT2D eigenvalue weighted by molar-refractivity contribution is -0.117. The first kappa shape index (κ1) is 15.1. The van der Waals surface area contributed by atoms with Crippen molar-refractivity contribution in [2.45, 2.75) is 18.9 Å². The van der Waals surface area contributed by atoms with Gasteiger partial charge >= 0.3 is 0 Å². The van der Waals surface area contributed by atoms with Gasteiger partial charge in [-0.05, 0) is 43.0 Å². The highest BCUT2D eigenvalue weighted by Gasteiger charge is 2.28. The van der Waals surface area contributed by atoms with Crippen LogP contribution in [0.5, 0.6) is 0 Å². The molecule has 0 aliphatic carbocycles. The minimum atomic E-state index is -0.963. The summed E-state index contributed by atoms with van der Waals surface area (Å²) >= 11 is 1.69. The Morgan fingerprint density at radius 3 is 2.91 bits per heavy atom. The van der Waals surface area contributed by atoms with Gasteiger partial charge in [-0.25, -0.2) is 8.78 Å². The minimum absolute atomic E-state index is 0.213. The highest BCUT2D eigenvalue weighted by atomic mass is 32.1. The van der Waals surface area contributed by atoms with Crippen LogP contribution in [0.1, 0.15) is 23.8 Å². The fraction of sp³-hybridized carbons (Fsp3) is 0.312. The van der Waals surface area contributed by atoms with Crippen molar-refractivity contribution >= 4 is 22.9 Å². The molecule has 1 fully saturated rings. The summed E-state index contributed by atoms with van der Waals surface area (Å²) in [5, 5.41) is 4.65. The molecule has 0 bridgehead atoms. The van der Waals surface area contributed by atoms with Crippen LogP contribution in [0, 0.1) is 11.6 Å². The third kappa shape index (κ3) is 3.34. The second kappa shape index (κ2) is 6.54. The van der Waals surface area contributed by atoms with E-state index in [1.165, 1.54) is 10.9 Å². The Kier molecular flexibility index (Phi) is 4.49. The molecule has 2 aromatic rings. The molecule has 1 aromatic carbocycles. The first-order valence-electron chi connectivity index (χ1n) is 7.16. The smallest absolute Gasteiger partial charge is 0.238 e. The van der Waals surface area contributed by atoms with Crippen LogP contribution in [0.2, 0.25) is 0 Å². The van der Waals surface area contributed by atoms with E-state index >= 15 is 0 Å². The summed E-state index contributed by atoms with van der Waals surface area (Å²) in [5.41, 5.74) is 0.274. The van der Waals surface area contributed by atoms with Crippen LogP contribution in [-0.4, -0.2) is 23.9 Å². The molecule has 1 atom stereocenters. The largest absolute Gasteiger partial charge is 0.325 e. The average Bonchev–Trinajstić information content (AvgIpc) is 3.13. The zero-order valence-corrected chi connectivity index (χ0v) is 12.7. The highest BCUT2D eigenvalue weighted by Crippen LogP contribution is 2.34. The maximum atomic E-state index is 13.1. The number of thiophene rings is 1. The SMILES string of the molecule is O=C(CN1CCCC1c1cccs1)Nc1ccc(F)c(F)c1. The second-order valence-corrected chi connectivity index (χ2v) is 6.30. The Labute approximate surface area is 131 Å². The lowest BCUT2D eigenvalue weighted by atomic mass is 10.2. The summed E-state index contributed by atoms with van der Waals surface area (Å²) < 4.78 is 26.0. The van der Waals surface area contributed by atoms with Gasteiger partial charge in [0.05, 0.1) is 6.54 Å². The number of hydrogen-bond donors (Lipinski definition) is 1. The van der Waals surface area contributed by atoms with E-state index in [1.807, 2.05) is 11.4 Å². The number of amides is 1. The normalized spacial score (nSPS) is 18.5. The van der Waals surface area contributed by atoms with Crippen LogP contribution < -0.4 is 5.32 Å². The Balaban J connectivity index is 1.62. The predicted molar refractivity (Wildman–Crippen MR) is 82.9 cm³/mol. The van der Waals surface area contributed by atoms with E-state index in [-0.39, 0.29) is 24.2 Å². The van der Waals surface area contributed by atoms with Crippen molar-refractivity contribution in [1.29, 1.82) is 0 Å². The van der Waals surface area contributed by atoms with Crippen molar-refractivity contribution in [3.63, 3.8) is 0 Å². The number of rotatable bonds is 4. The summed E-state index contributed by atoms with van der Waals surface area (Å²) in [4.78, 5) is 15.5. The number of nitrogens with one attached hydrogen (secondary N) is 1. The zero-order chi connectivity index (χ0) is 15.5. The molecule has 3 rings (SSSR count). The van der Waals surface area contributed by atoms with E-state index in [4.69, 9.17) is 0 Å². The summed E-state index contributed by atoms with van der Waals surface area (Å²) in [7, 11) is 0. The van der Waals surface area contributed by atoms with Crippen molar-refractivity contribution in [3.05, 3.63) is 52.2 Å². The van der Waals surface area contributed by atoms with E-state index in [1.54, 1.807) is 11.3 Å². The molecule has 3 nitrogen and oxygen atoms in total. The van der Waals surface area contributed by atoms with Crippen LogP contribution in [0.3, 0.4) is 0 Å². The predicted octanol–water partition coefficient (Wildman–Crippen LogP) is 3.80.